The van der Waals surface area contributed by atoms with Crippen molar-refractivity contribution in [3.8, 4) is 0 Å². The number of rotatable bonds is 5. The Morgan fingerprint density at radius 2 is 1.52 bits per heavy atom. The Labute approximate surface area is 145 Å². The highest BCUT2D eigenvalue weighted by Gasteiger charge is 2.31. The van der Waals surface area contributed by atoms with Gasteiger partial charge in [-0.25, -0.2) is 0 Å². The van der Waals surface area contributed by atoms with Gasteiger partial charge >= 0.3 is 0 Å². The van der Waals surface area contributed by atoms with E-state index in [1.54, 1.807) is 0 Å². The molecule has 2 aromatic carbocycles. The van der Waals surface area contributed by atoms with Gasteiger partial charge in [0.2, 0.25) is 0 Å². The predicted octanol–water partition coefficient (Wildman–Crippen LogP) is 5.88. The highest BCUT2D eigenvalue weighted by Crippen LogP contribution is 2.34. The van der Waals surface area contributed by atoms with Crippen LogP contribution in [0, 0.1) is 20.8 Å². The van der Waals surface area contributed by atoms with Crippen LogP contribution < -0.4 is 0 Å². The Bertz CT molecular complexity index is 613. The molecule has 112 valence electrons. The largest absolute Gasteiger partial charge is 0.0918 e. The zero-order chi connectivity index (χ0) is 15.5. The van der Waals surface area contributed by atoms with Crippen LogP contribution in [0.25, 0.3) is 0 Å². The van der Waals surface area contributed by atoms with Gasteiger partial charge in [-0.15, -0.1) is 0 Å². The average molecular weight is 410 g/mol. The summed E-state index contributed by atoms with van der Waals surface area (Å²) in [7, 11) is 0. The second kappa shape index (κ2) is 7.11. The molecule has 0 nitrogen and oxygen atoms in total. The highest BCUT2D eigenvalue weighted by molar-refractivity contribution is 9.09. The first kappa shape index (κ1) is 16.8. The third-order valence-electron chi connectivity index (χ3n) is 4.18. The molecule has 0 aromatic heterocycles. The molecule has 2 rings (SSSR count). The Kier molecular flexibility index (Phi) is 5.67. The lowest BCUT2D eigenvalue weighted by atomic mass is 9.77. The third-order valence-corrected chi connectivity index (χ3v) is 6.32. The summed E-state index contributed by atoms with van der Waals surface area (Å²) in [6.07, 6.45) is 1.04. The molecule has 0 aliphatic carbocycles. The van der Waals surface area contributed by atoms with E-state index in [2.05, 4.69) is 95.1 Å². The van der Waals surface area contributed by atoms with Gasteiger partial charge in [0.15, 0.2) is 0 Å². The number of benzene rings is 2. The lowest BCUT2D eigenvalue weighted by Crippen LogP contribution is -2.33. The summed E-state index contributed by atoms with van der Waals surface area (Å²) in [5, 5.41) is 1.89. The van der Waals surface area contributed by atoms with Gasteiger partial charge in [-0.2, -0.15) is 0 Å². The topological polar surface area (TPSA) is 0 Å². The highest BCUT2D eigenvalue weighted by atomic mass is 79.9. The van der Waals surface area contributed by atoms with E-state index in [9.17, 15) is 0 Å². The summed E-state index contributed by atoms with van der Waals surface area (Å²) in [4.78, 5) is 0. The van der Waals surface area contributed by atoms with Crippen LogP contribution in [0.2, 0.25) is 0 Å². The van der Waals surface area contributed by atoms with Gasteiger partial charge in [0.05, 0.1) is 0 Å². The van der Waals surface area contributed by atoms with E-state index in [0.29, 0.717) is 0 Å². The van der Waals surface area contributed by atoms with E-state index in [0.717, 1.165) is 17.1 Å². The Morgan fingerprint density at radius 1 is 0.857 bits per heavy atom. The van der Waals surface area contributed by atoms with Crippen molar-refractivity contribution >= 4 is 31.9 Å². The summed E-state index contributed by atoms with van der Waals surface area (Å²) < 4.78 is 0. The summed E-state index contributed by atoms with van der Waals surface area (Å²) in [5.74, 6) is 0. The molecule has 0 bridgehead atoms. The fourth-order valence-corrected chi connectivity index (χ4v) is 4.69. The number of alkyl halides is 2. The first-order valence-electron chi connectivity index (χ1n) is 7.26. The molecule has 0 radical (unpaired) electrons. The lowest BCUT2D eigenvalue weighted by Gasteiger charge is -2.32. The molecule has 0 unspecified atom stereocenters. The van der Waals surface area contributed by atoms with E-state index < -0.39 is 0 Å². The van der Waals surface area contributed by atoms with Crippen molar-refractivity contribution in [1.82, 2.24) is 0 Å². The summed E-state index contributed by atoms with van der Waals surface area (Å²) in [5.41, 5.74) is 6.95. The molecule has 21 heavy (non-hydrogen) atoms. The molecule has 0 amide bonds. The van der Waals surface area contributed by atoms with Gasteiger partial charge < -0.3 is 0 Å². The van der Waals surface area contributed by atoms with Gasteiger partial charge in [0.1, 0.15) is 0 Å². The Hall–Kier alpha value is -0.600. The van der Waals surface area contributed by atoms with Gasteiger partial charge in [0.25, 0.3) is 0 Å². The third kappa shape index (κ3) is 3.78. The van der Waals surface area contributed by atoms with Crippen molar-refractivity contribution in [2.24, 2.45) is 0 Å². The normalized spacial score (nSPS) is 11.7. The van der Waals surface area contributed by atoms with Crippen LogP contribution in [0.15, 0.2) is 42.5 Å². The van der Waals surface area contributed by atoms with Gasteiger partial charge in [0, 0.05) is 16.1 Å². The predicted molar refractivity (Wildman–Crippen MR) is 100 cm³/mol. The fourth-order valence-electron chi connectivity index (χ4n) is 2.72. The monoisotopic (exact) mass is 408 g/mol. The first-order valence-corrected chi connectivity index (χ1v) is 9.50. The van der Waals surface area contributed by atoms with Gasteiger partial charge in [-0.1, -0.05) is 85.5 Å². The van der Waals surface area contributed by atoms with Crippen molar-refractivity contribution in [2.45, 2.75) is 32.6 Å². The fraction of sp³-hybridized carbons (Fsp3) is 0.368. The van der Waals surface area contributed by atoms with E-state index in [1.807, 2.05) is 0 Å². The Morgan fingerprint density at radius 3 is 2.14 bits per heavy atom. The first-order chi connectivity index (χ1) is 10.0. The molecule has 0 atom stereocenters. The van der Waals surface area contributed by atoms with Gasteiger partial charge in [-0.3, -0.25) is 0 Å². The zero-order valence-corrected chi connectivity index (χ0v) is 16.1. The molecule has 0 heterocycles. The van der Waals surface area contributed by atoms with Crippen molar-refractivity contribution in [3.05, 3.63) is 70.3 Å². The number of hydrogen-bond donors (Lipinski definition) is 0. The molecular formula is C19H22Br2. The maximum absolute atomic E-state index is 3.77. The average Bonchev–Trinajstić information content (AvgIpc) is 2.48. The lowest BCUT2D eigenvalue weighted by molar-refractivity contribution is 0.549. The molecular weight excluding hydrogens is 388 g/mol. The second-order valence-electron chi connectivity index (χ2n) is 6.02. The quantitative estimate of drug-likeness (QED) is 0.540. The van der Waals surface area contributed by atoms with Crippen LogP contribution >= 0.6 is 31.9 Å². The van der Waals surface area contributed by atoms with E-state index in [4.69, 9.17) is 0 Å². The molecule has 0 aliphatic heterocycles. The van der Waals surface area contributed by atoms with E-state index in [1.165, 1.54) is 27.8 Å². The zero-order valence-electron chi connectivity index (χ0n) is 12.9. The van der Waals surface area contributed by atoms with Gasteiger partial charge in [-0.05, 0) is 43.9 Å². The maximum atomic E-state index is 3.77. The second-order valence-corrected chi connectivity index (χ2v) is 7.15. The van der Waals surface area contributed by atoms with E-state index in [-0.39, 0.29) is 5.41 Å². The smallest absolute Gasteiger partial charge is 0.0187 e. The maximum Gasteiger partial charge on any atom is 0.0187 e. The molecule has 2 aromatic rings. The Balaban J connectivity index is 2.45. The molecule has 0 spiro atoms. The number of halogens is 2. The summed E-state index contributed by atoms with van der Waals surface area (Å²) >= 11 is 7.53. The molecule has 0 aliphatic rings. The van der Waals surface area contributed by atoms with Crippen LogP contribution in [-0.2, 0) is 11.8 Å². The molecule has 0 saturated carbocycles. The molecule has 0 fully saturated rings. The molecule has 0 saturated heterocycles. The molecule has 0 N–H and O–H groups in total. The van der Waals surface area contributed by atoms with Crippen LogP contribution in [-0.4, -0.2) is 10.7 Å². The van der Waals surface area contributed by atoms with E-state index >= 15 is 0 Å². The van der Waals surface area contributed by atoms with Crippen LogP contribution in [0.3, 0.4) is 0 Å². The summed E-state index contributed by atoms with van der Waals surface area (Å²) in [6, 6.07) is 15.6. The van der Waals surface area contributed by atoms with Crippen LogP contribution in [0.5, 0.6) is 0 Å². The van der Waals surface area contributed by atoms with Crippen molar-refractivity contribution < 1.29 is 0 Å². The minimum atomic E-state index is 0.0879. The molecule has 2 heteroatoms. The SMILES string of the molecule is Cc1cccc(C(CBr)(CBr)Cc2cc(C)ccc2C)c1. The minimum Gasteiger partial charge on any atom is -0.0918 e. The summed E-state index contributed by atoms with van der Waals surface area (Å²) in [6.45, 7) is 6.53. The van der Waals surface area contributed by atoms with Crippen LogP contribution in [0.1, 0.15) is 27.8 Å². The number of aryl methyl sites for hydroxylation is 3. The van der Waals surface area contributed by atoms with Crippen LogP contribution in [0.4, 0.5) is 0 Å². The van der Waals surface area contributed by atoms with Crippen molar-refractivity contribution in [1.29, 1.82) is 0 Å². The minimum absolute atomic E-state index is 0.0879. The van der Waals surface area contributed by atoms with Crippen molar-refractivity contribution in [2.75, 3.05) is 10.7 Å². The number of hydrogen-bond acceptors (Lipinski definition) is 0. The van der Waals surface area contributed by atoms with Crippen molar-refractivity contribution in [3.63, 3.8) is 0 Å². The standard InChI is InChI=1S/C19H22Br2/c1-14-5-4-6-18(10-14)19(12-20,13-21)11-17-9-15(2)7-8-16(17)3/h4-10H,11-13H2,1-3H3.